The third-order valence-electron chi connectivity index (χ3n) is 7.07. The summed E-state index contributed by atoms with van der Waals surface area (Å²) in [6.45, 7) is 4.32. The number of likely N-dealkylation sites (N-methyl/N-ethyl adjacent to an activating group) is 1. The van der Waals surface area contributed by atoms with E-state index in [9.17, 15) is 14.8 Å². The van der Waals surface area contributed by atoms with Crippen molar-refractivity contribution in [1.82, 2.24) is 25.2 Å². The summed E-state index contributed by atoms with van der Waals surface area (Å²) in [7, 11) is 2.06. The summed E-state index contributed by atoms with van der Waals surface area (Å²) >= 11 is 6.17. The van der Waals surface area contributed by atoms with Crippen LogP contribution in [0.5, 0.6) is 0 Å². The van der Waals surface area contributed by atoms with Gasteiger partial charge < -0.3 is 15.1 Å². The normalized spacial score (nSPS) is 19.4. The first-order chi connectivity index (χ1) is 16.8. The summed E-state index contributed by atoms with van der Waals surface area (Å²) in [5, 5.41) is 12.8. The maximum atomic E-state index is 15.5. The molecule has 0 unspecified atom stereocenters. The Hall–Kier alpha value is -2.04. The SMILES string of the molecule is CCCN(C)C[C@@H]1CCCN1c1nc(Cl)nc(CNC(=O)[C@H](CC2CCCC2)CN(O)C=O)c1F. The lowest BCUT2D eigenvalue weighted by molar-refractivity contribution is -0.155. The summed E-state index contributed by atoms with van der Waals surface area (Å²) in [5.41, 5.74) is 0.0248. The van der Waals surface area contributed by atoms with Crippen molar-refractivity contribution in [3.05, 3.63) is 16.8 Å². The predicted octanol–water partition coefficient (Wildman–Crippen LogP) is 3.24. The first kappa shape index (κ1) is 27.5. The molecule has 1 saturated heterocycles. The van der Waals surface area contributed by atoms with Gasteiger partial charge in [0.2, 0.25) is 17.6 Å². The molecule has 1 aromatic rings. The van der Waals surface area contributed by atoms with Crippen LogP contribution in [-0.2, 0) is 16.1 Å². The summed E-state index contributed by atoms with van der Waals surface area (Å²) in [4.78, 5) is 36.3. The Morgan fingerprint density at radius 1 is 1.31 bits per heavy atom. The molecule has 0 radical (unpaired) electrons. The molecule has 11 heteroatoms. The van der Waals surface area contributed by atoms with Gasteiger partial charge in [-0.25, -0.2) is 14.4 Å². The molecule has 3 rings (SSSR count). The van der Waals surface area contributed by atoms with Gasteiger partial charge in [-0.15, -0.1) is 0 Å². The van der Waals surface area contributed by atoms with Crippen molar-refractivity contribution in [2.24, 2.45) is 11.8 Å². The van der Waals surface area contributed by atoms with Crippen LogP contribution in [0.2, 0.25) is 5.28 Å². The molecule has 1 aliphatic heterocycles. The highest BCUT2D eigenvalue weighted by Crippen LogP contribution is 2.31. The molecular formula is C24H38ClFN6O3. The highest BCUT2D eigenvalue weighted by Gasteiger charge is 2.31. The van der Waals surface area contributed by atoms with Crippen molar-refractivity contribution < 1.29 is 19.2 Å². The number of halogens is 2. The fraction of sp³-hybridized carbons (Fsp3) is 0.750. The molecule has 2 amide bonds. The molecule has 35 heavy (non-hydrogen) atoms. The number of hydrogen-bond acceptors (Lipinski definition) is 7. The number of aromatic nitrogens is 2. The van der Waals surface area contributed by atoms with E-state index in [1.165, 1.54) is 0 Å². The Morgan fingerprint density at radius 3 is 2.74 bits per heavy atom. The van der Waals surface area contributed by atoms with E-state index in [0.717, 1.165) is 58.0 Å². The van der Waals surface area contributed by atoms with E-state index in [1.54, 1.807) is 0 Å². The zero-order valence-corrected chi connectivity index (χ0v) is 21.5. The molecule has 2 aliphatic rings. The van der Waals surface area contributed by atoms with Crippen LogP contribution < -0.4 is 10.2 Å². The topological polar surface area (TPSA) is 102 Å². The summed E-state index contributed by atoms with van der Waals surface area (Å²) in [5.74, 6) is -0.977. The van der Waals surface area contributed by atoms with E-state index >= 15 is 4.39 Å². The van der Waals surface area contributed by atoms with E-state index in [1.807, 2.05) is 4.90 Å². The van der Waals surface area contributed by atoms with Crippen LogP contribution >= 0.6 is 11.6 Å². The molecule has 9 nitrogen and oxygen atoms in total. The van der Waals surface area contributed by atoms with Crippen molar-refractivity contribution in [3.63, 3.8) is 0 Å². The van der Waals surface area contributed by atoms with E-state index in [2.05, 4.69) is 34.2 Å². The maximum Gasteiger partial charge on any atom is 0.233 e. The lowest BCUT2D eigenvalue weighted by atomic mass is 9.92. The Bertz CT molecular complexity index is 857. The molecule has 196 valence electrons. The highest BCUT2D eigenvalue weighted by molar-refractivity contribution is 6.28. The second-order valence-corrected chi connectivity index (χ2v) is 10.2. The number of nitrogens with zero attached hydrogens (tertiary/aromatic N) is 5. The molecule has 0 aromatic carbocycles. The molecular weight excluding hydrogens is 475 g/mol. The van der Waals surface area contributed by atoms with Crippen LogP contribution in [0.25, 0.3) is 0 Å². The molecule has 1 aliphatic carbocycles. The molecule has 2 heterocycles. The number of carbonyl (C=O) groups excluding carboxylic acids is 2. The van der Waals surface area contributed by atoms with Crippen LogP contribution in [-0.4, -0.2) is 76.7 Å². The van der Waals surface area contributed by atoms with Gasteiger partial charge >= 0.3 is 0 Å². The second kappa shape index (κ2) is 13.3. The molecule has 0 bridgehead atoms. The number of anilines is 1. The van der Waals surface area contributed by atoms with E-state index < -0.39 is 11.7 Å². The van der Waals surface area contributed by atoms with Gasteiger partial charge in [-0.3, -0.25) is 14.8 Å². The van der Waals surface area contributed by atoms with Crippen molar-refractivity contribution in [1.29, 1.82) is 0 Å². The molecule has 0 spiro atoms. The predicted molar refractivity (Wildman–Crippen MR) is 132 cm³/mol. The average molecular weight is 513 g/mol. The lowest BCUT2D eigenvalue weighted by Crippen LogP contribution is -2.40. The zero-order valence-electron chi connectivity index (χ0n) is 20.8. The third kappa shape index (κ3) is 7.72. The minimum absolute atomic E-state index is 0.0248. The van der Waals surface area contributed by atoms with Gasteiger partial charge in [0, 0.05) is 19.1 Å². The first-order valence-corrected chi connectivity index (χ1v) is 13.1. The number of amides is 2. The van der Waals surface area contributed by atoms with Crippen molar-refractivity contribution in [2.45, 2.75) is 70.9 Å². The first-order valence-electron chi connectivity index (χ1n) is 12.7. The van der Waals surface area contributed by atoms with Gasteiger partial charge in [-0.05, 0) is 56.8 Å². The van der Waals surface area contributed by atoms with Gasteiger partial charge in [0.05, 0.1) is 19.0 Å². The van der Waals surface area contributed by atoms with Gasteiger partial charge in [-0.2, -0.15) is 4.98 Å². The Balaban J connectivity index is 1.70. The summed E-state index contributed by atoms with van der Waals surface area (Å²) in [6, 6.07) is 0.129. The van der Waals surface area contributed by atoms with Crippen LogP contribution in [0.1, 0.15) is 64.0 Å². The minimum atomic E-state index is -0.592. The summed E-state index contributed by atoms with van der Waals surface area (Å²) in [6.07, 6.45) is 8.08. The third-order valence-corrected chi connectivity index (χ3v) is 7.24. The Labute approximate surface area is 212 Å². The smallest absolute Gasteiger partial charge is 0.233 e. The molecule has 1 saturated carbocycles. The minimum Gasteiger partial charge on any atom is -0.350 e. The highest BCUT2D eigenvalue weighted by atomic mass is 35.5. The summed E-state index contributed by atoms with van der Waals surface area (Å²) < 4.78 is 15.5. The van der Waals surface area contributed by atoms with Crippen molar-refractivity contribution >= 4 is 29.7 Å². The van der Waals surface area contributed by atoms with Gasteiger partial charge in [-0.1, -0.05) is 32.6 Å². The molecule has 1 aromatic heterocycles. The van der Waals surface area contributed by atoms with Gasteiger partial charge in [0.15, 0.2) is 11.6 Å². The Kier molecular flexibility index (Phi) is 10.5. The van der Waals surface area contributed by atoms with E-state index in [0.29, 0.717) is 23.9 Å². The largest absolute Gasteiger partial charge is 0.350 e. The molecule has 2 N–H and O–H groups in total. The van der Waals surface area contributed by atoms with Crippen LogP contribution in [0.4, 0.5) is 10.2 Å². The quantitative estimate of drug-likeness (QED) is 0.181. The molecule has 2 atom stereocenters. The zero-order chi connectivity index (χ0) is 25.4. The van der Waals surface area contributed by atoms with Crippen LogP contribution in [0, 0.1) is 17.7 Å². The fourth-order valence-electron chi connectivity index (χ4n) is 5.39. The number of rotatable bonds is 13. The number of carbonyl (C=O) groups is 2. The standard InChI is InChI=1S/C24H38ClFN6O3/c1-3-10-30(2)15-19-9-6-11-32(19)22-21(26)20(28-24(25)29-22)13-27-23(34)18(14-31(35)16-33)12-17-7-4-5-8-17/h16-19,35H,3-15H2,1-2H3,(H,27,34)/t18-,19+/m1/s1. The van der Waals surface area contributed by atoms with Crippen molar-refractivity contribution in [3.8, 4) is 0 Å². The molecule has 2 fully saturated rings. The number of hydroxylamine groups is 2. The maximum absolute atomic E-state index is 15.5. The average Bonchev–Trinajstić information content (AvgIpc) is 3.51. The number of hydrogen-bond donors (Lipinski definition) is 2. The lowest BCUT2D eigenvalue weighted by Gasteiger charge is -2.30. The van der Waals surface area contributed by atoms with Gasteiger partial charge in [0.25, 0.3) is 0 Å². The monoisotopic (exact) mass is 512 g/mol. The van der Waals surface area contributed by atoms with E-state index in [-0.39, 0.29) is 48.2 Å². The second-order valence-electron chi connectivity index (χ2n) is 9.86. The fourth-order valence-corrected chi connectivity index (χ4v) is 5.57. The van der Waals surface area contributed by atoms with Crippen LogP contribution in [0.3, 0.4) is 0 Å². The van der Waals surface area contributed by atoms with Crippen LogP contribution in [0.15, 0.2) is 0 Å². The number of nitrogens with one attached hydrogen (secondary N) is 1. The van der Waals surface area contributed by atoms with E-state index in [4.69, 9.17) is 11.6 Å². The Morgan fingerprint density at radius 2 is 2.06 bits per heavy atom. The van der Waals surface area contributed by atoms with Crippen molar-refractivity contribution in [2.75, 3.05) is 38.1 Å². The van der Waals surface area contributed by atoms with Gasteiger partial charge in [0.1, 0.15) is 5.69 Å².